The maximum Gasteiger partial charge on any atom is 0.202 e. The Morgan fingerprint density at radius 1 is 1.30 bits per heavy atom. The van der Waals surface area contributed by atoms with Crippen LogP contribution in [0.15, 0.2) is 40.7 Å². The van der Waals surface area contributed by atoms with Gasteiger partial charge in [0.2, 0.25) is 5.54 Å². The van der Waals surface area contributed by atoms with Crippen molar-refractivity contribution >= 4 is 5.69 Å². The summed E-state index contributed by atoms with van der Waals surface area (Å²) in [6.45, 7) is 4.77. The van der Waals surface area contributed by atoms with Gasteiger partial charge in [0.1, 0.15) is 6.17 Å². The molecule has 0 aliphatic carbocycles. The van der Waals surface area contributed by atoms with Crippen LogP contribution < -0.4 is 5.01 Å². The van der Waals surface area contributed by atoms with E-state index in [9.17, 15) is 5.26 Å². The van der Waals surface area contributed by atoms with E-state index in [1.165, 1.54) is 0 Å². The van der Waals surface area contributed by atoms with Crippen LogP contribution in [-0.4, -0.2) is 42.9 Å². The highest BCUT2D eigenvalue weighted by atomic mass is 16.5. The third kappa shape index (κ3) is 2.15. The molecule has 0 spiro atoms. The van der Waals surface area contributed by atoms with Gasteiger partial charge in [-0.05, 0) is 19.1 Å². The molecule has 3 rings (SSSR count). The van der Waals surface area contributed by atoms with Gasteiger partial charge in [0.05, 0.1) is 25.0 Å². The van der Waals surface area contributed by atoms with Crippen LogP contribution in [0.3, 0.4) is 0 Å². The predicted octanol–water partition coefficient (Wildman–Crippen LogP) is 1.81. The van der Waals surface area contributed by atoms with Gasteiger partial charge in [0, 0.05) is 13.1 Å². The number of nitrogens with zero attached hydrogens (tertiary/aromatic N) is 5. The Labute approximate surface area is 118 Å². The quantitative estimate of drug-likeness (QED) is 0.823. The van der Waals surface area contributed by atoms with E-state index >= 15 is 0 Å². The number of morpholine rings is 1. The number of nitriles is 1. The molecular weight excluding hydrogens is 254 g/mol. The average molecular weight is 271 g/mol. The first kappa shape index (κ1) is 13.0. The molecule has 0 aromatic heterocycles. The molecule has 6 heteroatoms. The summed E-state index contributed by atoms with van der Waals surface area (Å²) in [4.78, 5) is 2.22. The number of rotatable bonds is 2. The Kier molecular flexibility index (Phi) is 3.38. The molecule has 1 saturated heterocycles. The van der Waals surface area contributed by atoms with Crippen LogP contribution in [0.5, 0.6) is 0 Å². The summed E-state index contributed by atoms with van der Waals surface area (Å²) in [6, 6.07) is 12.2. The molecule has 0 bridgehead atoms. The fourth-order valence-electron chi connectivity index (χ4n) is 2.67. The molecule has 104 valence electrons. The zero-order valence-electron chi connectivity index (χ0n) is 11.4. The smallest absolute Gasteiger partial charge is 0.202 e. The first-order chi connectivity index (χ1) is 9.74. The van der Waals surface area contributed by atoms with E-state index < -0.39 is 5.54 Å². The van der Waals surface area contributed by atoms with Crippen molar-refractivity contribution in [2.24, 2.45) is 10.3 Å². The van der Waals surface area contributed by atoms with Crippen LogP contribution in [0.4, 0.5) is 5.69 Å². The van der Waals surface area contributed by atoms with Crippen LogP contribution in [-0.2, 0) is 4.74 Å². The molecule has 0 amide bonds. The molecule has 0 radical (unpaired) electrons. The van der Waals surface area contributed by atoms with E-state index in [-0.39, 0.29) is 6.17 Å². The van der Waals surface area contributed by atoms with Gasteiger partial charge >= 0.3 is 0 Å². The molecule has 20 heavy (non-hydrogen) atoms. The third-order valence-electron chi connectivity index (χ3n) is 3.72. The van der Waals surface area contributed by atoms with Crippen molar-refractivity contribution < 1.29 is 4.74 Å². The van der Waals surface area contributed by atoms with E-state index in [4.69, 9.17) is 4.74 Å². The van der Waals surface area contributed by atoms with Crippen molar-refractivity contribution in [1.82, 2.24) is 4.90 Å². The first-order valence-electron chi connectivity index (χ1n) is 6.75. The number of benzene rings is 1. The summed E-state index contributed by atoms with van der Waals surface area (Å²) < 4.78 is 5.40. The monoisotopic (exact) mass is 271 g/mol. The molecule has 2 atom stereocenters. The molecular formula is C14H17N5O. The minimum Gasteiger partial charge on any atom is -0.379 e. The molecule has 6 nitrogen and oxygen atoms in total. The van der Waals surface area contributed by atoms with E-state index in [0.717, 1.165) is 18.8 Å². The third-order valence-corrected chi connectivity index (χ3v) is 3.72. The molecule has 0 saturated carbocycles. The van der Waals surface area contributed by atoms with Crippen molar-refractivity contribution in [2.45, 2.75) is 18.6 Å². The molecule has 0 unspecified atom stereocenters. The van der Waals surface area contributed by atoms with E-state index in [0.29, 0.717) is 13.2 Å². The Hall–Kier alpha value is -1.97. The lowest BCUT2D eigenvalue weighted by atomic mass is 9.99. The second-order valence-corrected chi connectivity index (χ2v) is 5.15. The zero-order chi connectivity index (χ0) is 14.0. The lowest BCUT2D eigenvalue weighted by Gasteiger charge is -2.39. The predicted molar refractivity (Wildman–Crippen MR) is 74.0 cm³/mol. The zero-order valence-corrected chi connectivity index (χ0v) is 11.4. The number of hydrogen-bond acceptors (Lipinski definition) is 6. The van der Waals surface area contributed by atoms with Crippen LogP contribution >= 0.6 is 0 Å². The van der Waals surface area contributed by atoms with Gasteiger partial charge in [-0.2, -0.15) is 5.26 Å². The minimum atomic E-state index is -0.854. The van der Waals surface area contributed by atoms with Gasteiger partial charge in [-0.15, -0.1) is 5.11 Å². The molecule has 2 heterocycles. The number of para-hydroxylation sites is 1. The van der Waals surface area contributed by atoms with E-state index in [1.54, 1.807) is 0 Å². The highest BCUT2D eigenvalue weighted by Crippen LogP contribution is 2.34. The summed E-state index contributed by atoms with van der Waals surface area (Å²) in [6.07, 6.45) is -0.182. The van der Waals surface area contributed by atoms with Crippen LogP contribution in [0.1, 0.15) is 6.92 Å². The number of anilines is 1. The molecule has 1 fully saturated rings. The summed E-state index contributed by atoms with van der Waals surface area (Å²) in [7, 11) is 0. The molecule has 0 N–H and O–H groups in total. The number of hydrogen-bond donors (Lipinski definition) is 0. The lowest BCUT2D eigenvalue weighted by molar-refractivity contribution is 0.00994. The van der Waals surface area contributed by atoms with Gasteiger partial charge in [0.25, 0.3) is 0 Å². The van der Waals surface area contributed by atoms with Gasteiger partial charge in [0.15, 0.2) is 0 Å². The second-order valence-electron chi connectivity index (χ2n) is 5.15. The maximum atomic E-state index is 9.50. The molecule has 1 aromatic rings. The van der Waals surface area contributed by atoms with Crippen molar-refractivity contribution in [3.8, 4) is 6.07 Å². The minimum absolute atomic E-state index is 0.182. The Morgan fingerprint density at radius 2 is 2.00 bits per heavy atom. The van der Waals surface area contributed by atoms with E-state index in [1.807, 2.05) is 42.3 Å². The maximum absolute atomic E-state index is 9.50. The molecule has 2 aliphatic heterocycles. The van der Waals surface area contributed by atoms with Gasteiger partial charge in [-0.25, -0.2) is 5.01 Å². The SMILES string of the molecule is C[C@@]1(C#N)N=NN(c2ccccc2)[C@H]1N1CCOCC1. The Balaban J connectivity index is 1.93. The largest absolute Gasteiger partial charge is 0.379 e. The fraction of sp³-hybridized carbons (Fsp3) is 0.500. The van der Waals surface area contributed by atoms with Crippen LogP contribution in [0.2, 0.25) is 0 Å². The number of ether oxygens (including phenoxy) is 1. The van der Waals surface area contributed by atoms with Gasteiger partial charge in [-0.1, -0.05) is 23.4 Å². The first-order valence-corrected chi connectivity index (χ1v) is 6.75. The van der Waals surface area contributed by atoms with Crippen molar-refractivity contribution in [2.75, 3.05) is 31.3 Å². The summed E-state index contributed by atoms with van der Waals surface area (Å²) in [5.74, 6) is 0. The fourth-order valence-corrected chi connectivity index (χ4v) is 2.67. The van der Waals surface area contributed by atoms with Gasteiger partial charge < -0.3 is 4.74 Å². The summed E-state index contributed by atoms with van der Waals surface area (Å²) in [5.41, 5.74) is 0.0967. The van der Waals surface area contributed by atoms with E-state index in [2.05, 4.69) is 21.3 Å². The van der Waals surface area contributed by atoms with Crippen molar-refractivity contribution in [3.05, 3.63) is 30.3 Å². The second kappa shape index (κ2) is 5.19. The highest BCUT2D eigenvalue weighted by Gasteiger charge is 2.48. The van der Waals surface area contributed by atoms with Crippen LogP contribution in [0, 0.1) is 11.3 Å². The summed E-state index contributed by atoms with van der Waals surface area (Å²) in [5, 5.41) is 19.8. The normalized spacial score (nSPS) is 30.4. The molecule has 1 aromatic carbocycles. The lowest BCUT2D eigenvalue weighted by Crippen LogP contribution is -2.57. The standard InChI is InChI=1S/C14H17N5O/c1-14(11-15)13(18-7-9-20-10-8-18)19(17-16-14)12-5-3-2-4-6-12/h2-6,13H,7-10H2,1H3/t13-,14+/m1/s1. The molecule has 2 aliphatic rings. The Morgan fingerprint density at radius 3 is 2.65 bits per heavy atom. The van der Waals surface area contributed by atoms with Gasteiger partial charge in [-0.3, -0.25) is 4.90 Å². The Bertz CT molecular complexity index is 534. The summed E-state index contributed by atoms with van der Waals surface area (Å²) >= 11 is 0. The topological polar surface area (TPSA) is 64.2 Å². The van der Waals surface area contributed by atoms with Crippen molar-refractivity contribution in [1.29, 1.82) is 5.26 Å². The van der Waals surface area contributed by atoms with Crippen LogP contribution in [0.25, 0.3) is 0 Å². The average Bonchev–Trinajstić information content (AvgIpc) is 2.87. The highest BCUT2D eigenvalue weighted by molar-refractivity contribution is 5.48. The van der Waals surface area contributed by atoms with Crippen molar-refractivity contribution in [3.63, 3.8) is 0 Å².